The summed E-state index contributed by atoms with van der Waals surface area (Å²) >= 11 is 0. The van der Waals surface area contributed by atoms with Gasteiger partial charge in [0.2, 0.25) is 0 Å². The molecule has 2 heteroatoms. The van der Waals surface area contributed by atoms with Gasteiger partial charge >= 0.3 is 0 Å². The first kappa shape index (κ1) is 21.4. The lowest BCUT2D eigenvalue weighted by atomic mass is 9.63. The molecular formula is C28H40N2. The summed E-state index contributed by atoms with van der Waals surface area (Å²) in [5, 5.41) is 0. The number of benzene rings is 1. The Kier molecular flexibility index (Phi) is 5.74. The molecule has 2 aliphatic carbocycles. The maximum atomic E-state index is 6.23. The third-order valence-electron chi connectivity index (χ3n) is 7.80. The zero-order valence-electron chi connectivity index (χ0n) is 19.7. The second-order valence-electron chi connectivity index (χ2n) is 11.1. The molecule has 3 aliphatic rings. The molecule has 4 rings (SSSR count). The van der Waals surface area contributed by atoms with Crippen molar-refractivity contribution in [1.29, 1.82) is 0 Å². The van der Waals surface area contributed by atoms with E-state index in [0.717, 1.165) is 32.4 Å². The van der Waals surface area contributed by atoms with Crippen LogP contribution in [0.1, 0.15) is 89.8 Å². The van der Waals surface area contributed by atoms with Gasteiger partial charge in [0.05, 0.1) is 0 Å². The summed E-state index contributed by atoms with van der Waals surface area (Å²) in [6.45, 7) is 14.1. The van der Waals surface area contributed by atoms with Crippen molar-refractivity contribution in [2.75, 3.05) is 13.1 Å². The summed E-state index contributed by atoms with van der Waals surface area (Å²) in [6.07, 6.45) is 14.0. The lowest BCUT2D eigenvalue weighted by Gasteiger charge is -2.42. The highest BCUT2D eigenvalue weighted by Crippen LogP contribution is 2.46. The minimum atomic E-state index is 0.251. The van der Waals surface area contributed by atoms with Gasteiger partial charge in [0.15, 0.2) is 0 Å². The van der Waals surface area contributed by atoms with Gasteiger partial charge in [-0.05, 0) is 84.6 Å². The third-order valence-corrected chi connectivity index (χ3v) is 7.80. The molecule has 2 nitrogen and oxygen atoms in total. The fourth-order valence-corrected chi connectivity index (χ4v) is 5.56. The standard InChI is InChI=1S/C28H40N2/c1-20-11-13-23(30-17-7-8-22(29)19-30)9-6-10-24(20)21-12-14-25-26(18-21)28(4,5)16-15-27(25,2)3/h6,9-10,12,14,18,22H,7-8,11,13,15-17,19,29H2,1-5H3. The van der Waals surface area contributed by atoms with Crippen LogP contribution in [-0.2, 0) is 10.8 Å². The van der Waals surface area contributed by atoms with E-state index in [9.17, 15) is 0 Å². The summed E-state index contributed by atoms with van der Waals surface area (Å²) in [7, 11) is 0. The molecule has 0 amide bonds. The summed E-state index contributed by atoms with van der Waals surface area (Å²) < 4.78 is 0. The zero-order chi connectivity index (χ0) is 21.5. The lowest BCUT2D eigenvalue weighted by Crippen LogP contribution is -2.42. The van der Waals surface area contributed by atoms with Crippen LogP contribution in [0.3, 0.4) is 0 Å². The molecular weight excluding hydrogens is 364 g/mol. The van der Waals surface area contributed by atoms with Crippen molar-refractivity contribution < 1.29 is 0 Å². The van der Waals surface area contributed by atoms with Crippen LogP contribution in [0.2, 0.25) is 0 Å². The average molecular weight is 405 g/mol. The Morgan fingerprint density at radius 1 is 1.00 bits per heavy atom. The Balaban J connectivity index is 1.64. The zero-order valence-corrected chi connectivity index (χ0v) is 19.7. The number of piperidine rings is 1. The predicted molar refractivity (Wildman–Crippen MR) is 130 cm³/mol. The van der Waals surface area contributed by atoms with Crippen LogP contribution in [0.25, 0.3) is 5.57 Å². The third kappa shape index (κ3) is 4.17. The number of hydrogen-bond acceptors (Lipinski definition) is 2. The first-order valence-corrected chi connectivity index (χ1v) is 11.9. The van der Waals surface area contributed by atoms with Crippen molar-refractivity contribution in [1.82, 2.24) is 4.90 Å². The molecule has 1 unspecified atom stereocenters. The normalized spacial score (nSPS) is 26.0. The van der Waals surface area contributed by atoms with Crippen molar-refractivity contribution >= 4 is 5.57 Å². The smallest absolute Gasteiger partial charge is 0.0326 e. The van der Waals surface area contributed by atoms with Gasteiger partial charge in [0, 0.05) is 24.8 Å². The van der Waals surface area contributed by atoms with Gasteiger partial charge in [-0.2, -0.15) is 0 Å². The number of likely N-dealkylation sites (tertiary alicyclic amines) is 1. The molecule has 30 heavy (non-hydrogen) atoms. The van der Waals surface area contributed by atoms with Gasteiger partial charge in [-0.1, -0.05) is 63.6 Å². The number of allylic oxidation sites excluding steroid dienone is 6. The van der Waals surface area contributed by atoms with E-state index in [1.807, 2.05) is 0 Å². The lowest BCUT2D eigenvalue weighted by molar-refractivity contribution is 0.252. The van der Waals surface area contributed by atoms with Crippen LogP contribution in [0, 0.1) is 0 Å². The number of nitrogens with zero attached hydrogens (tertiary/aromatic N) is 1. The largest absolute Gasteiger partial charge is 0.373 e. The van der Waals surface area contributed by atoms with Crippen molar-refractivity contribution in [3.63, 3.8) is 0 Å². The first-order chi connectivity index (χ1) is 14.2. The highest BCUT2D eigenvalue weighted by molar-refractivity contribution is 5.78. The van der Waals surface area contributed by atoms with Crippen LogP contribution in [0.15, 0.2) is 47.7 Å². The van der Waals surface area contributed by atoms with Gasteiger partial charge in [0.1, 0.15) is 0 Å². The topological polar surface area (TPSA) is 29.3 Å². The molecule has 0 bridgehead atoms. The van der Waals surface area contributed by atoms with E-state index in [-0.39, 0.29) is 10.8 Å². The maximum Gasteiger partial charge on any atom is 0.0326 e. The summed E-state index contributed by atoms with van der Waals surface area (Å²) in [4.78, 5) is 2.51. The number of rotatable bonds is 2. The van der Waals surface area contributed by atoms with Crippen LogP contribution in [0.4, 0.5) is 0 Å². The molecule has 1 aliphatic heterocycles. The molecule has 162 valence electrons. The van der Waals surface area contributed by atoms with Crippen molar-refractivity contribution in [3.05, 3.63) is 64.4 Å². The first-order valence-electron chi connectivity index (χ1n) is 11.9. The van der Waals surface area contributed by atoms with Crippen LogP contribution >= 0.6 is 0 Å². The van der Waals surface area contributed by atoms with E-state index >= 15 is 0 Å². The van der Waals surface area contributed by atoms with E-state index < -0.39 is 0 Å². The predicted octanol–water partition coefficient (Wildman–Crippen LogP) is 6.47. The maximum absolute atomic E-state index is 6.23. The molecule has 0 aromatic heterocycles. The van der Waals surface area contributed by atoms with Gasteiger partial charge in [-0.3, -0.25) is 0 Å². The summed E-state index contributed by atoms with van der Waals surface area (Å²) in [5.41, 5.74) is 15.6. The minimum absolute atomic E-state index is 0.251. The van der Waals surface area contributed by atoms with Crippen molar-refractivity contribution in [3.8, 4) is 0 Å². The van der Waals surface area contributed by atoms with Crippen molar-refractivity contribution in [2.24, 2.45) is 5.73 Å². The molecule has 1 heterocycles. The van der Waals surface area contributed by atoms with Gasteiger partial charge < -0.3 is 10.6 Å². The van der Waals surface area contributed by atoms with Crippen LogP contribution in [-0.4, -0.2) is 24.0 Å². The molecule has 0 radical (unpaired) electrons. The molecule has 1 atom stereocenters. The molecule has 2 N–H and O–H groups in total. The van der Waals surface area contributed by atoms with Gasteiger partial charge in [0.25, 0.3) is 0 Å². The highest BCUT2D eigenvalue weighted by atomic mass is 15.2. The van der Waals surface area contributed by atoms with Crippen LogP contribution in [0.5, 0.6) is 0 Å². The van der Waals surface area contributed by atoms with Crippen molar-refractivity contribution in [2.45, 2.75) is 90.0 Å². The summed E-state index contributed by atoms with van der Waals surface area (Å²) in [6, 6.07) is 7.59. The molecule has 0 spiro atoms. The average Bonchev–Trinajstić information content (AvgIpc) is 2.69. The second kappa shape index (κ2) is 8.04. The van der Waals surface area contributed by atoms with E-state index in [0.29, 0.717) is 6.04 Å². The van der Waals surface area contributed by atoms with E-state index in [2.05, 4.69) is 75.9 Å². The quantitative estimate of drug-likeness (QED) is 0.612. The molecule has 1 aromatic carbocycles. The Labute approximate surface area is 183 Å². The van der Waals surface area contributed by atoms with E-state index in [1.54, 1.807) is 11.1 Å². The highest BCUT2D eigenvalue weighted by Gasteiger charge is 2.37. The van der Waals surface area contributed by atoms with E-state index in [4.69, 9.17) is 5.73 Å². The molecule has 1 saturated heterocycles. The van der Waals surface area contributed by atoms with Gasteiger partial charge in [-0.25, -0.2) is 0 Å². The molecule has 1 aromatic rings. The van der Waals surface area contributed by atoms with Gasteiger partial charge in [-0.15, -0.1) is 0 Å². The second-order valence-corrected chi connectivity index (χ2v) is 11.1. The van der Waals surface area contributed by atoms with E-state index in [1.165, 1.54) is 41.7 Å². The monoisotopic (exact) mass is 404 g/mol. The number of nitrogens with two attached hydrogens (primary N) is 1. The molecule has 0 saturated carbocycles. The Bertz CT molecular complexity index is 897. The Morgan fingerprint density at radius 2 is 1.73 bits per heavy atom. The Morgan fingerprint density at radius 3 is 2.47 bits per heavy atom. The summed E-state index contributed by atoms with van der Waals surface area (Å²) in [5.74, 6) is 0. The fraction of sp³-hybridized carbons (Fsp3) is 0.571. The SMILES string of the molecule is CC1=C(c2ccc3c(c2)C(C)(C)CCC3(C)C)C=CC=C(N2CCCC(N)C2)CC1. The Hall–Kier alpha value is -1.80. The fourth-order valence-electron chi connectivity index (χ4n) is 5.56. The minimum Gasteiger partial charge on any atom is -0.373 e. The molecule has 1 fully saturated rings. The van der Waals surface area contributed by atoms with Crippen LogP contribution < -0.4 is 5.73 Å². The number of fused-ring (bicyclic) bond motifs is 1. The number of hydrogen-bond donors (Lipinski definition) is 1.